The van der Waals surface area contributed by atoms with Crippen molar-refractivity contribution in [2.45, 2.75) is 19.4 Å². The summed E-state index contributed by atoms with van der Waals surface area (Å²) in [5, 5.41) is 11.6. The average Bonchev–Trinajstić information content (AvgIpc) is 2.94. The fourth-order valence-corrected chi connectivity index (χ4v) is 6.15. The molecule has 2 aliphatic heterocycles. The van der Waals surface area contributed by atoms with Crippen molar-refractivity contribution in [2.24, 2.45) is 0 Å². The number of methoxy groups -OCH3 is 1. The number of aromatic nitrogens is 1. The molecule has 0 bridgehead atoms. The number of carbonyl (C=O) groups is 1. The molecular weight excluding hydrogens is 543 g/mol. The van der Waals surface area contributed by atoms with Crippen LogP contribution in [0.15, 0.2) is 36.9 Å². The van der Waals surface area contributed by atoms with Crippen LogP contribution in [-0.4, -0.2) is 87.2 Å². The summed E-state index contributed by atoms with van der Waals surface area (Å²) in [6, 6.07) is 9.31. The molecule has 5 rings (SSSR count). The third-order valence-electron chi connectivity index (χ3n) is 8.17. The first-order chi connectivity index (χ1) is 19.7. The minimum atomic E-state index is -0.436. The first kappa shape index (κ1) is 28.7. The second kappa shape index (κ2) is 11.6. The van der Waals surface area contributed by atoms with Gasteiger partial charge >= 0.3 is 0 Å². The van der Waals surface area contributed by atoms with Crippen LogP contribution in [0.1, 0.15) is 18.1 Å². The Bertz CT molecular complexity index is 1550. The van der Waals surface area contributed by atoms with Gasteiger partial charge in [0.25, 0.3) is 0 Å². The molecule has 0 aliphatic carbocycles. The molecule has 41 heavy (non-hydrogen) atoms. The van der Waals surface area contributed by atoms with E-state index in [1.165, 1.54) is 19.3 Å². The third-order valence-corrected chi connectivity index (χ3v) is 8.47. The minimum Gasteiger partial charge on any atom is -0.496 e. The van der Waals surface area contributed by atoms with Crippen molar-refractivity contribution in [2.75, 3.05) is 70.3 Å². The topological polar surface area (TPSA) is 75.9 Å². The molecule has 1 aromatic heterocycles. The number of fused-ring (bicyclic) bond motifs is 1. The van der Waals surface area contributed by atoms with Gasteiger partial charge in [0.2, 0.25) is 5.91 Å². The molecule has 8 nitrogen and oxygen atoms in total. The number of ether oxygens (including phenoxy) is 1. The van der Waals surface area contributed by atoms with Gasteiger partial charge in [0.1, 0.15) is 29.0 Å². The van der Waals surface area contributed by atoms with Crippen molar-refractivity contribution in [3.05, 3.63) is 58.9 Å². The van der Waals surface area contributed by atoms with E-state index in [0.29, 0.717) is 77.4 Å². The molecular formula is C31H34ClFN6O2. The largest absolute Gasteiger partial charge is 0.496 e. The summed E-state index contributed by atoms with van der Waals surface area (Å²) in [6.07, 6.45) is 1.86. The quantitative estimate of drug-likeness (QED) is 0.377. The number of carbonyl (C=O) groups excluding carboxylic acids is 1. The maximum absolute atomic E-state index is 15.4. The number of benzene rings is 2. The van der Waals surface area contributed by atoms with Gasteiger partial charge in [0.15, 0.2) is 0 Å². The van der Waals surface area contributed by atoms with Gasteiger partial charge < -0.3 is 24.3 Å². The van der Waals surface area contributed by atoms with Crippen molar-refractivity contribution in [1.82, 2.24) is 14.8 Å². The lowest BCUT2D eigenvalue weighted by atomic mass is 9.92. The number of amides is 1. The van der Waals surface area contributed by atoms with Crippen LogP contribution in [0.4, 0.5) is 15.9 Å². The highest BCUT2D eigenvalue weighted by Crippen LogP contribution is 2.46. The molecule has 2 fully saturated rings. The molecule has 1 amide bonds. The maximum Gasteiger partial charge on any atom is 0.246 e. The smallest absolute Gasteiger partial charge is 0.246 e. The van der Waals surface area contributed by atoms with E-state index in [1.807, 2.05) is 21.0 Å². The molecule has 3 heterocycles. The summed E-state index contributed by atoms with van der Waals surface area (Å²) < 4.78 is 20.9. The van der Waals surface area contributed by atoms with E-state index >= 15 is 4.39 Å². The summed E-state index contributed by atoms with van der Waals surface area (Å²) in [5.74, 6) is 0.449. The summed E-state index contributed by atoms with van der Waals surface area (Å²) >= 11 is 6.98. The molecule has 0 atom stereocenters. The van der Waals surface area contributed by atoms with Gasteiger partial charge in [0, 0.05) is 61.3 Å². The lowest BCUT2D eigenvalue weighted by Crippen LogP contribution is -2.58. The zero-order valence-corrected chi connectivity index (χ0v) is 24.6. The second-order valence-corrected chi connectivity index (χ2v) is 11.0. The first-order valence-corrected chi connectivity index (χ1v) is 14.1. The van der Waals surface area contributed by atoms with Crippen LogP contribution in [0.2, 0.25) is 5.02 Å². The summed E-state index contributed by atoms with van der Waals surface area (Å²) in [4.78, 5) is 25.6. The predicted molar refractivity (Wildman–Crippen MR) is 161 cm³/mol. The fourth-order valence-electron chi connectivity index (χ4n) is 5.83. The molecule has 3 aromatic rings. The summed E-state index contributed by atoms with van der Waals surface area (Å²) in [7, 11) is 5.60. The molecule has 2 aliphatic rings. The van der Waals surface area contributed by atoms with Gasteiger partial charge in [-0.25, -0.2) is 9.37 Å². The van der Waals surface area contributed by atoms with Crippen molar-refractivity contribution in [1.29, 1.82) is 5.26 Å². The predicted octanol–water partition coefficient (Wildman–Crippen LogP) is 4.72. The van der Waals surface area contributed by atoms with E-state index in [0.717, 1.165) is 29.7 Å². The highest BCUT2D eigenvalue weighted by molar-refractivity contribution is 6.35. The maximum atomic E-state index is 15.4. The van der Waals surface area contributed by atoms with E-state index < -0.39 is 5.82 Å². The second-order valence-electron chi connectivity index (χ2n) is 10.6. The van der Waals surface area contributed by atoms with Gasteiger partial charge in [-0.2, -0.15) is 5.26 Å². The van der Waals surface area contributed by atoms with E-state index in [-0.39, 0.29) is 5.91 Å². The Hall–Kier alpha value is -3.87. The molecule has 0 N–H and O–H groups in total. The van der Waals surface area contributed by atoms with Gasteiger partial charge in [-0.15, -0.1) is 0 Å². The van der Waals surface area contributed by atoms with Crippen molar-refractivity contribution >= 4 is 39.9 Å². The van der Waals surface area contributed by atoms with Crippen molar-refractivity contribution in [3.8, 4) is 22.9 Å². The number of rotatable bonds is 7. The van der Waals surface area contributed by atoms with E-state index in [2.05, 4.69) is 27.3 Å². The van der Waals surface area contributed by atoms with E-state index in [9.17, 15) is 10.1 Å². The van der Waals surface area contributed by atoms with Crippen LogP contribution in [-0.2, 0) is 11.2 Å². The number of pyridine rings is 1. The molecule has 2 saturated heterocycles. The van der Waals surface area contributed by atoms with Crippen molar-refractivity contribution < 1.29 is 13.9 Å². The number of halogens is 2. The van der Waals surface area contributed by atoms with E-state index in [4.69, 9.17) is 21.3 Å². The summed E-state index contributed by atoms with van der Waals surface area (Å²) in [6.45, 7) is 9.16. The average molecular weight is 577 g/mol. The van der Waals surface area contributed by atoms with Crippen LogP contribution in [0.25, 0.3) is 22.0 Å². The normalized spacial score (nSPS) is 15.7. The standard InChI is InChI=1S/C31H34ClFN6O2/c1-6-20-27(28-24(33)9-8-10-25(28)41-5)23(32)15-21-29(20)35-31(39-17-19(18-39)36(3)4)22(16-34)30(21)38-13-11-37(12-14-38)26(40)7-2/h7-10,15,19H,2,6,11-14,17-18H2,1,3-5H3. The van der Waals surface area contributed by atoms with Gasteiger partial charge in [-0.3, -0.25) is 4.79 Å². The number of likely N-dealkylation sites (N-methyl/N-ethyl adjacent to an activating group) is 1. The molecule has 10 heteroatoms. The van der Waals surface area contributed by atoms with Gasteiger partial charge in [-0.1, -0.05) is 31.2 Å². The number of nitrogens with zero attached hydrogens (tertiary/aromatic N) is 6. The lowest BCUT2D eigenvalue weighted by molar-refractivity contribution is -0.126. The van der Waals surface area contributed by atoms with Crippen LogP contribution in [0, 0.1) is 17.1 Å². The number of anilines is 2. The Morgan fingerprint density at radius 2 is 1.95 bits per heavy atom. The Balaban J connectivity index is 1.76. The molecule has 0 unspecified atom stereocenters. The minimum absolute atomic E-state index is 0.111. The molecule has 214 valence electrons. The number of piperazine rings is 1. The summed E-state index contributed by atoms with van der Waals surface area (Å²) in [5.41, 5.74) is 3.53. The number of hydrogen-bond donors (Lipinski definition) is 0. The number of hydrogen-bond acceptors (Lipinski definition) is 7. The highest BCUT2D eigenvalue weighted by atomic mass is 35.5. The SMILES string of the molecule is C=CC(=O)N1CCN(c2c(C#N)c(N3CC(N(C)C)C3)nc3c(CC)c(-c4c(F)cccc4OC)c(Cl)cc23)CC1. The Morgan fingerprint density at radius 1 is 1.24 bits per heavy atom. The van der Waals surface area contributed by atoms with E-state index in [1.54, 1.807) is 23.1 Å². The Labute approximate surface area is 245 Å². The zero-order valence-electron chi connectivity index (χ0n) is 23.9. The Kier molecular flexibility index (Phi) is 8.07. The van der Waals surface area contributed by atoms with Gasteiger partial charge in [-0.05, 0) is 50.4 Å². The molecule has 2 aromatic carbocycles. The third kappa shape index (κ3) is 4.96. The van der Waals surface area contributed by atoms with Crippen LogP contribution >= 0.6 is 11.6 Å². The number of nitriles is 1. The van der Waals surface area contributed by atoms with Crippen LogP contribution < -0.4 is 14.5 Å². The molecule has 0 saturated carbocycles. The lowest BCUT2D eigenvalue weighted by Gasteiger charge is -2.44. The highest BCUT2D eigenvalue weighted by Gasteiger charge is 2.35. The van der Waals surface area contributed by atoms with Crippen molar-refractivity contribution in [3.63, 3.8) is 0 Å². The zero-order chi connectivity index (χ0) is 29.4. The van der Waals surface area contributed by atoms with Crippen LogP contribution in [0.5, 0.6) is 5.75 Å². The monoisotopic (exact) mass is 576 g/mol. The fraction of sp³-hybridized carbons (Fsp3) is 0.387. The Morgan fingerprint density at radius 3 is 2.54 bits per heavy atom. The van der Waals surface area contributed by atoms with Crippen LogP contribution in [0.3, 0.4) is 0 Å². The molecule has 0 spiro atoms. The van der Waals surface area contributed by atoms with Gasteiger partial charge in [0.05, 0.1) is 23.9 Å². The number of aryl methyl sites for hydroxylation is 1. The molecule has 0 radical (unpaired) electrons. The first-order valence-electron chi connectivity index (χ1n) is 13.7.